The molecule has 0 saturated carbocycles. The van der Waals surface area contributed by atoms with Crippen LogP contribution in [0.25, 0.3) is 10.9 Å². The van der Waals surface area contributed by atoms with E-state index in [1.807, 2.05) is 0 Å². The van der Waals surface area contributed by atoms with Gasteiger partial charge in [-0.25, -0.2) is 4.79 Å². The van der Waals surface area contributed by atoms with E-state index < -0.39 is 22.6 Å². The number of carbonyl (C=O) groups excluding carboxylic acids is 3. The summed E-state index contributed by atoms with van der Waals surface area (Å²) in [6.45, 7) is 0.0529. The third-order valence-corrected chi connectivity index (χ3v) is 4.70. The van der Waals surface area contributed by atoms with E-state index in [-0.39, 0.29) is 30.1 Å². The molecule has 1 aliphatic heterocycles. The minimum Gasteiger partial charge on any atom is -0.456 e. The number of nitrogens with zero attached hydrogens (tertiary/aromatic N) is 2. The van der Waals surface area contributed by atoms with Crippen LogP contribution in [-0.2, 0) is 20.9 Å². The van der Waals surface area contributed by atoms with Crippen LogP contribution in [0.4, 0.5) is 5.69 Å². The molecule has 0 saturated heterocycles. The fourth-order valence-corrected chi connectivity index (χ4v) is 3.34. The van der Waals surface area contributed by atoms with Gasteiger partial charge in [0.1, 0.15) is 6.61 Å². The molecule has 0 spiro atoms. The predicted octanol–water partition coefficient (Wildman–Crippen LogP) is 2.34. The number of ketones is 1. The Kier molecular flexibility index (Phi) is 4.85. The number of rotatable bonds is 6. The molecule has 0 fully saturated rings. The van der Waals surface area contributed by atoms with Crippen LogP contribution in [0, 0.1) is 10.1 Å². The van der Waals surface area contributed by atoms with Gasteiger partial charge in [0.05, 0.1) is 22.7 Å². The second-order valence-corrected chi connectivity index (χ2v) is 6.63. The Morgan fingerprint density at radius 3 is 2.60 bits per heavy atom. The molecule has 150 valence electrons. The first-order valence-corrected chi connectivity index (χ1v) is 8.97. The molecule has 3 aromatic rings. The van der Waals surface area contributed by atoms with Gasteiger partial charge in [-0.1, -0.05) is 36.4 Å². The second kappa shape index (κ2) is 7.63. The lowest BCUT2D eigenvalue weighted by atomic mass is 10.1. The maximum absolute atomic E-state index is 12.8. The van der Waals surface area contributed by atoms with Crippen LogP contribution in [0.15, 0.2) is 66.5 Å². The maximum Gasteiger partial charge on any atom is 0.333 e. The third kappa shape index (κ3) is 3.55. The fourth-order valence-electron chi connectivity index (χ4n) is 3.34. The number of nitro groups is 1. The first kappa shape index (κ1) is 19.1. The highest BCUT2D eigenvalue weighted by molar-refractivity contribution is 6.45. The number of nitro benzene ring substituents is 1. The number of hydrogen-bond donors (Lipinski definition) is 1. The Balaban J connectivity index is 1.68. The van der Waals surface area contributed by atoms with Gasteiger partial charge in [-0.15, -0.1) is 0 Å². The molecule has 2 heterocycles. The highest BCUT2D eigenvalue weighted by atomic mass is 16.6. The number of para-hydroxylation sites is 2. The zero-order valence-corrected chi connectivity index (χ0v) is 15.5. The van der Waals surface area contributed by atoms with Gasteiger partial charge in [-0.3, -0.25) is 19.7 Å². The molecule has 1 aliphatic rings. The van der Waals surface area contributed by atoms with Gasteiger partial charge in [0, 0.05) is 34.8 Å². The molecule has 1 aromatic heterocycles. The zero-order valence-electron chi connectivity index (χ0n) is 15.5. The Labute approximate surface area is 169 Å². The minimum absolute atomic E-state index is 0.0289. The number of cyclic esters (lactones) is 1. The average Bonchev–Trinajstić information content (AvgIpc) is 3.31. The van der Waals surface area contributed by atoms with Gasteiger partial charge in [-0.2, -0.15) is 0 Å². The molecule has 0 atom stereocenters. The molecule has 1 N–H and O–H groups in total. The molecule has 2 aromatic carbocycles. The Hall–Kier alpha value is -4.27. The van der Waals surface area contributed by atoms with E-state index in [0.29, 0.717) is 16.5 Å². The summed E-state index contributed by atoms with van der Waals surface area (Å²) < 4.78 is 6.40. The monoisotopic (exact) mass is 405 g/mol. The predicted molar refractivity (Wildman–Crippen MR) is 106 cm³/mol. The van der Waals surface area contributed by atoms with Crippen LogP contribution in [0.3, 0.4) is 0 Å². The van der Waals surface area contributed by atoms with Crippen molar-refractivity contribution < 1.29 is 24.0 Å². The summed E-state index contributed by atoms with van der Waals surface area (Å²) in [6, 6.07) is 13.3. The van der Waals surface area contributed by atoms with Crippen molar-refractivity contribution in [3.8, 4) is 0 Å². The van der Waals surface area contributed by atoms with Gasteiger partial charge in [0.15, 0.2) is 0 Å². The number of nitrogens with one attached hydrogen (secondary N) is 1. The van der Waals surface area contributed by atoms with E-state index in [0.717, 1.165) is 6.08 Å². The lowest BCUT2D eigenvalue weighted by Crippen LogP contribution is -2.31. The number of carbonyl (C=O) groups is 3. The number of amides is 1. The first-order valence-electron chi connectivity index (χ1n) is 8.97. The highest BCUT2D eigenvalue weighted by Gasteiger charge is 2.25. The van der Waals surface area contributed by atoms with Crippen LogP contribution < -0.4 is 5.32 Å². The van der Waals surface area contributed by atoms with Crippen molar-refractivity contribution in [2.75, 3.05) is 6.61 Å². The first-order chi connectivity index (χ1) is 14.4. The van der Waals surface area contributed by atoms with E-state index in [9.17, 15) is 24.5 Å². The van der Waals surface area contributed by atoms with E-state index in [1.165, 1.54) is 12.3 Å². The summed E-state index contributed by atoms with van der Waals surface area (Å²) in [7, 11) is 0. The lowest BCUT2D eigenvalue weighted by molar-refractivity contribution is -0.385. The fraction of sp³-hybridized carbons (Fsp3) is 0.0952. The molecule has 4 rings (SSSR count). The minimum atomic E-state index is -0.895. The molecule has 1 amide bonds. The molecular weight excluding hydrogens is 390 g/mol. The Bertz CT molecular complexity index is 1240. The number of hydrogen-bond acceptors (Lipinski definition) is 6. The van der Waals surface area contributed by atoms with Crippen LogP contribution in [0.1, 0.15) is 15.9 Å². The Morgan fingerprint density at radius 1 is 1.13 bits per heavy atom. The normalized spacial score (nSPS) is 13.1. The summed E-state index contributed by atoms with van der Waals surface area (Å²) in [5.74, 6) is -2.26. The van der Waals surface area contributed by atoms with Crippen LogP contribution in [0.5, 0.6) is 0 Å². The topological polar surface area (TPSA) is 121 Å². The van der Waals surface area contributed by atoms with E-state index in [4.69, 9.17) is 4.74 Å². The van der Waals surface area contributed by atoms with Gasteiger partial charge >= 0.3 is 5.97 Å². The van der Waals surface area contributed by atoms with Crippen molar-refractivity contribution in [2.24, 2.45) is 0 Å². The smallest absolute Gasteiger partial charge is 0.333 e. The summed E-state index contributed by atoms with van der Waals surface area (Å²) >= 11 is 0. The van der Waals surface area contributed by atoms with Gasteiger partial charge < -0.3 is 14.6 Å². The molecule has 0 bridgehead atoms. The third-order valence-electron chi connectivity index (χ3n) is 4.70. The van der Waals surface area contributed by atoms with E-state index in [2.05, 4.69) is 5.32 Å². The number of aromatic nitrogens is 1. The zero-order chi connectivity index (χ0) is 21.3. The molecule has 0 radical (unpaired) electrons. The summed E-state index contributed by atoms with van der Waals surface area (Å²) in [4.78, 5) is 47.1. The quantitative estimate of drug-likeness (QED) is 0.221. The molecule has 0 aliphatic carbocycles. The second-order valence-electron chi connectivity index (χ2n) is 6.63. The molecule has 0 unspecified atom stereocenters. The van der Waals surface area contributed by atoms with Gasteiger partial charge in [0.2, 0.25) is 0 Å². The van der Waals surface area contributed by atoms with Crippen molar-refractivity contribution >= 4 is 34.3 Å². The van der Waals surface area contributed by atoms with Gasteiger partial charge in [-0.05, 0) is 6.07 Å². The Morgan fingerprint density at radius 2 is 1.87 bits per heavy atom. The van der Waals surface area contributed by atoms with E-state index >= 15 is 0 Å². The van der Waals surface area contributed by atoms with Crippen molar-refractivity contribution in [1.29, 1.82) is 0 Å². The lowest BCUT2D eigenvalue weighted by Gasteiger charge is -2.06. The molecule has 30 heavy (non-hydrogen) atoms. The standard InChI is InChI=1S/C21H15N3O6/c25-19-9-14(12-30-19)22-21(27)20(26)16-11-23(18-8-4-2-6-15(16)18)10-13-5-1-3-7-17(13)24(28)29/h1-9,11H,10,12H2,(H,22,27). The van der Waals surface area contributed by atoms with Crippen molar-refractivity contribution in [1.82, 2.24) is 9.88 Å². The van der Waals surface area contributed by atoms with Gasteiger partial charge in [0.25, 0.3) is 17.4 Å². The highest BCUT2D eigenvalue weighted by Crippen LogP contribution is 2.26. The number of fused-ring (bicyclic) bond motifs is 1. The van der Waals surface area contributed by atoms with Crippen LogP contribution in [0.2, 0.25) is 0 Å². The summed E-state index contributed by atoms with van der Waals surface area (Å²) in [6.07, 6.45) is 2.62. The van der Waals surface area contributed by atoms with Crippen LogP contribution >= 0.6 is 0 Å². The van der Waals surface area contributed by atoms with Crippen molar-refractivity contribution in [3.05, 3.63) is 87.7 Å². The number of ether oxygens (including phenoxy) is 1. The average molecular weight is 405 g/mol. The molecule has 9 nitrogen and oxygen atoms in total. The number of esters is 1. The van der Waals surface area contributed by atoms with Crippen molar-refractivity contribution in [3.63, 3.8) is 0 Å². The molecular formula is C21H15N3O6. The largest absolute Gasteiger partial charge is 0.456 e. The number of benzene rings is 2. The van der Waals surface area contributed by atoms with Crippen LogP contribution in [-0.4, -0.2) is 33.8 Å². The van der Waals surface area contributed by atoms with Crippen molar-refractivity contribution in [2.45, 2.75) is 6.54 Å². The van der Waals surface area contributed by atoms with E-state index in [1.54, 1.807) is 47.0 Å². The number of Topliss-reactive ketones (excluding diaryl/α,β-unsaturated/α-hetero) is 1. The summed E-state index contributed by atoms with van der Waals surface area (Å²) in [5.41, 5.74) is 1.47. The molecule has 9 heteroatoms. The maximum atomic E-state index is 12.8. The SMILES string of the molecule is O=C1C=C(NC(=O)C(=O)c2cn(Cc3ccccc3[N+](=O)[O-])c3ccccc23)CO1. The summed E-state index contributed by atoms with van der Waals surface area (Å²) in [5, 5.41) is 14.2.